The van der Waals surface area contributed by atoms with Crippen molar-refractivity contribution in [2.24, 2.45) is 5.92 Å². The molecule has 2 rings (SSSR count). The lowest BCUT2D eigenvalue weighted by molar-refractivity contribution is -0.121. The van der Waals surface area contributed by atoms with Crippen LogP contribution in [-0.2, 0) is 4.79 Å². The highest BCUT2D eigenvalue weighted by Gasteiger charge is 2.26. The average Bonchev–Trinajstić information content (AvgIpc) is 2.76. The van der Waals surface area contributed by atoms with Gasteiger partial charge >= 0.3 is 0 Å². The van der Waals surface area contributed by atoms with Crippen molar-refractivity contribution in [3.05, 3.63) is 0 Å². The van der Waals surface area contributed by atoms with Crippen LogP contribution in [-0.4, -0.2) is 55.4 Å². The summed E-state index contributed by atoms with van der Waals surface area (Å²) in [6.07, 6.45) is 6.84. The summed E-state index contributed by atoms with van der Waals surface area (Å²) in [6.45, 7) is 3.27. The Kier molecular flexibility index (Phi) is 4.57. The van der Waals surface area contributed by atoms with E-state index in [0.717, 1.165) is 32.5 Å². The number of likely N-dealkylation sites (N-methyl/N-ethyl adjacent to an activating group) is 2. The number of carbonyl (C=O) groups excluding carboxylic acids is 1. The van der Waals surface area contributed by atoms with Crippen molar-refractivity contribution in [1.29, 1.82) is 0 Å². The van der Waals surface area contributed by atoms with E-state index >= 15 is 0 Å². The zero-order valence-electron chi connectivity index (χ0n) is 11.3. The Morgan fingerprint density at radius 1 is 1.12 bits per heavy atom. The SMILES string of the molecule is CN1CCN(C)C(CC(=O)CC2CCCC2)C1. The van der Waals surface area contributed by atoms with Crippen LogP contribution in [0.25, 0.3) is 0 Å². The lowest BCUT2D eigenvalue weighted by atomic mass is 9.96. The normalized spacial score (nSPS) is 28.7. The number of carbonyl (C=O) groups is 1. The zero-order valence-corrected chi connectivity index (χ0v) is 11.3. The summed E-state index contributed by atoms with van der Waals surface area (Å²) >= 11 is 0. The second-order valence-electron chi connectivity index (χ2n) is 5.99. The Hall–Kier alpha value is -0.410. The van der Waals surface area contributed by atoms with Gasteiger partial charge in [-0.05, 0) is 20.0 Å². The Labute approximate surface area is 105 Å². The van der Waals surface area contributed by atoms with Gasteiger partial charge in [0.15, 0.2) is 0 Å². The van der Waals surface area contributed by atoms with E-state index in [0.29, 0.717) is 17.7 Å². The van der Waals surface area contributed by atoms with Gasteiger partial charge in [-0.3, -0.25) is 4.79 Å². The fourth-order valence-corrected chi connectivity index (χ4v) is 3.20. The van der Waals surface area contributed by atoms with E-state index < -0.39 is 0 Å². The quantitative estimate of drug-likeness (QED) is 0.746. The van der Waals surface area contributed by atoms with Gasteiger partial charge in [0.2, 0.25) is 0 Å². The fraction of sp³-hybridized carbons (Fsp3) is 0.929. The molecule has 0 N–H and O–H groups in total. The van der Waals surface area contributed by atoms with Crippen LogP contribution in [0.5, 0.6) is 0 Å². The Morgan fingerprint density at radius 2 is 1.82 bits per heavy atom. The molecule has 1 saturated heterocycles. The number of hydrogen-bond acceptors (Lipinski definition) is 3. The van der Waals surface area contributed by atoms with Crippen LogP contribution in [0, 0.1) is 5.92 Å². The average molecular weight is 238 g/mol. The number of nitrogens with zero attached hydrogens (tertiary/aromatic N) is 2. The Bertz CT molecular complexity index is 261. The van der Waals surface area contributed by atoms with E-state index in [2.05, 4.69) is 23.9 Å². The lowest BCUT2D eigenvalue weighted by Gasteiger charge is -2.37. The van der Waals surface area contributed by atoms with Crippen molar-refractivity contribution >= 4 is 5.78 Å². The van der Waals surface area contributed by atoms with Crippen molar-refractivity contribution in [2.45, 2.75) is 44.6 Å². The first-order chi connectivity index (χ1) is 8.15. The molecule has 0 aromatic heterocycles. The first kappa shape index (κ1) is 13.0. The molecule has 2 aliphatic rings. The van der Waals surface area contributed by atoms with Crippen LogP contribution in [0.2, 0.25) is 0 Å². The van der Waals surface area contributed by atoms with Crippen LogP contribution in [0.15, 0.2) is 0 Å². The molecule has 0 spiro atoms. The van der Waals surface area contributed by atoms with Gasteiger partial charge in [0.25, 0.3) is 0 Å². The second-order valence-corrected chi connectivity index (χ2v) is 5.99. The van der Waals surface area contributed by atoms with E-state index in [-0.39, 0.29) is 0 Å². The van der Waals surface area contributed by atoms with Gasteiger partial charge < -0.3 is 9.80 Å². The summed E-state index contributed by atoms with van der Waals surface area (Å²) in [4.78, 5) is 16.8. The van der Waals surface area contributed by atoms with Crippen LogP contribution in [0.1, 0.15) is 38.5 Å². The maximum atomic E-state index is 12.1. The van der Waals surface area contributed by atoms with Crippen molar-refractivity contribution in [1.82, 2.24) is 9.80 Å². The highest BCUT2D eigenvalue weighted by atomic mass is 16.1. The minimum Gasteiger partial charge on any atom is -0.304 e. The molecule has 0 aromatic carbocycles. The third kappa shape index (κ3) is 3.78. The van der Waals surface area contributed by atoms with Gasteiger partial charge in [0, 0.05) is 38.5 Å². The van der Waals surface area contributed by atoms with E-state index in [1.165, 1.54) is 25.7 Å². The Morgan fingerprint density at radius 3 is 2.53 bits per heavy atom. The van der Waals surface area contributed by atoms with Crippen molar-refractivity contribution in [2.75, 3.05) is 33.7 Å². The van der Waals surface area contributed by atoms with Crippen molar-refractivity contribution in [3.8, 4) is 0 Å². The van der Waals surface area contributed by atoms with E-state index in [9.17, 15) is 4.79 Å². The lowest BCUT2D eigenvalue weighted by Crippen LogP contribution is -2.50. The summed E-state index contributed by atoms with van der Waals surface area (Å²) in [5, 5.41) is 0. The highest BCUT2D eigenvalue weighted by molar-refractivity contribution is 5.79. The van der Waals surface area contributed by atoms with Crippen LogP contribution < -0.4 is 0 Å². The van der Waals surface area contributed by atoms with Gasteiger partial charge in [-0.2, -0.15) is 0 Å². The predicted molar refractivity (Wildman–Crippen MR) is 70.1 cm³/mol. The minimum atomic E-state index is 0.447. The molecular formula is C14H26N2O. The fourth-order valence-electron chi connectivity index (χ4n) is 3.20. The molecule has 1 aliphatic heterocycles. The van der Waals surface area contributed by atoms with Gasteiger partial charge in [-0.1, -0.05) is 25.7 Å². The van der Waals surface area contributed by atoms with Crippen LogP contribution in [0.3, 0.4) is 0 Å². The Balaban J connectivity index is 1.76. The van der Waals surface area contributed by atoms with E-state index in [4.69, 9.17) is 0 Å². The van der Waals surface area contributed by atoms with Crippen molar-refractivity contribution < 1.29 is 4.79 Å². The number of Topliss-reactive ketones (excluding diaryl/α,β-unsaturated/α-hetero) is 1. The maximum absolute atomic E-state index is 12.1. The predicted octanol–water partition coefficient (Wildman–Crippen LogP) is 1.77. The first-order valence-electron chi connectivity index (χ1n) is 7.05. The molecule has 3 heteroatoms. The molecule has 1 aliphatic carbocycles. The largest absolute Gasteiger partial charge is 0.304 e. The standard InChI is InChI=1S/C14H26N2O/c1-15-7-8-16(2)13(11-15)10-14(17)9-12-5-3-4-6-12/h12-13H,3-11H2,1-2H3. The molecule has 1 unspecified atom stereocenters. The summed E-state index contributed by atoms with van der Waals surface area (Å²) in [5.41, 5.74) is 0. The summed E-state index contributed by atoms with van der Waals surface area (Å²) < 4.78 is 0. The van der Waals surface area contributed by atoms with Crippen molar-refractivity contribution in [3.63, 3.8) is 0 Å². The molecule has 2 fully saturated rings. The molecule has 0 aromatic rings. The molecule has 1 saturated carbocycles. The van der Waals surface area contributed by atoms with Crippen LogP contribution >= 0.6 is 0 Å². The maximum Gasteiger partial charge on any atom is 0.134 e. The molecule has 3 nitrogen and oxygen atoms in total. The molecular weight excluding hydrogens is 212 g/mol. The van der Waals surface area contributed by atoms with Gasteiger partial charge in [0.1, 0.15) is 5.78 Å². The smallest absolute Gasteiger partial charge is 0.134 e. The molecule has 0 amide bonds. The van der Waals surface area contributed by atoms with E-state index in [1.807, 2.05) is 0 Å². The number of ketones is 1. The topological polar surface area (TPSA) is 23.6 Å². The molecule has 98 valence electrons. The molecule has 0 bridgehead atoms. The van der Waals surface area contributed by atoms with Gasteiger partial charge in [0.05, 0.1) is 0 Å². The zero-order chi connectivity index (χ0) is 12.3. The highest BCUT2D eigenvalue weighted by Crippen LogP contribution is 2.28. The molecule has 1 atom stereocenters. The third-order valence-corrected chi connectivity index (χ3v) is 4.43. The molecule has 17 heavy (non-hydrogen) atoms. The number of rotatable bonds is 4. The molecule has 0 radical (unpaired) electrons. The number of hydrogen-bond donors (Lipinski definition) is 0. The minimum absolute atomic E-state index is 0.447. The third-order valence-electron chi connectivity index (χ3n) is 4.43. The number of piperazine rings is 1. The van der Waals surface area contributed by atoms with Gasteiger partial charge in [-0.25, -0.2) is 0 Å². The molecule has 1 heterocycles. The monoisotopic (exact) mass is 238 g/mol. The van der Waals surface area contributed by atoms with E-state index in [1.54, 1.807) is 0 Å². The first-order valence-corrected chi connectivity index (χ1v) is 7.05. The summed E-state index contributed by atoms with van der Waals surface area (Å²) in [6, 6.07) is 0.447. The summed E-state index contributed by atoms with van der Waals surface area (Å²) in [5.74, 6) is 1.19. The second kappa shape index (κ2) is 5.96. The van der Waals surface area contributed by atoms with Gasteiger partial charge in [-0.15, -0.1) is 0 Å². The van der Waals surface area contributed by atoms with Crippen LogP contribution in [0.4, 0.5) is 0 Å². The summed E-state index contributed by atoms with van der Waals surface area (Å²) in [7, 11) is 4.31.